The second-order valence-electron chi connectivity index (χ2n) is 12.2. The number of benzene rings is 4. The van der Waals surface area contributed by atoms with E-state index in [1.165, 1.54) is 56.5 Å². The maximum atomic E-state index is 6.00. The third-order valence-electron chi connectivity index (χ3n) is 8.64. The van der Waals surface area contributed by atoms with Crippen LogP contribution in [0.15, 0.2) is 84.9 Å². The Hall–Kier alpha value is -3.40. The number of hydrogen-bond donors (Lipinski definition) is 0. The Morgan fingerprint density at radius 3 is 1.85 bits per heavy atom. The van der Waals surface area contributed by atoms with Gasteiger partial charge in [0.2, 0.25) is 0 Å². The highest BCUT2D eigenvalue weighted by atomic mass is 16.5. The first kappa shape index (κ1) is 27.8. The van der Waals surface area contributed by atoms with Crippen LogP contribution in [0.2, 0.25) is 0 Å². The first-order valence-electron chi connectivity index (χ1n) is 15.3. The van der Waals surface area contributed by atoms with Crippen LogP contribution in [0.25, 0.3) is 33.4 Å². The van der Waals surface area contributed by atoms with E-state index in [1.807, 2.05) is 0 Å². The van der Waals surface area contributed by atoms with Crippen molar-refractivity contribution in [3.8, 4) is 39.1 Å². The van der Waals surface area contributed by atoms with Crippen molar-refractivity contribution in [3.63, 3.8) is 0 Å². The maximum Gasteiger partial charge on any atom is 0.119 e. The molecule has 41 heavy (non-hydrogen) atoms. The van der Waals surface area contributed by atoms with Crippen molar-refractivity contribution < 1.29 is 14.2 Å². The van der Waals surface area contributed by atoms with E-state index < -0.39 is 0 Å². The average Bonchev–Trinajstić information content (AvgIpc) is 3.27. The van der Waals surface area contributed by atoms with Gasteiger partial charge in [0.05, 0.1) is 26.4 Å². The molecular formula is C38H42O3. The van der Waals surface area contributed by atoms with Crippen molar-refractivity contribution in [1.82, 2.24) is 0 Å². The highest BCUT2D eigenvalue weighted by Gasteiger charge is 2.33. The summed E-state index contributed by atoms with van der Waals surface area (Å²) in [6, 6.07) is 31.6. The zero-order valence-corrected chi connectivity index (χ0v) is 24.7. The van der Waals surface area contributed by atoms with Crippen molar-refractivity contribution in [2.45, 2.75) is 52.4 Å². The summed E-state index contributed by atoms with van der Waals surface area (Å²) in [4.78, 5) is 0. The molecule has 2 aliphatic rings. The molecule has 0 N–H and O–H groups in total. The number of hydrogen-bond acceptors (Lipinski definition) is 3. The summed E-state index contributed by atoms with van der Waals surface area (Å²) in [6.45, 7) is 10.7. The van der Waals surface area contributed by atoms with Crippen LogP contribution in [-0.4, -0.2) is 33.0 Å². The normalized spacial score (nSPS) is 16.6. The molecule has 0 aromatic heterocycles. The number of fused-ring (bicyclic) bond motifs is 3. The lowest BCUT2D eigenvalue weighted by Crippen LogP contribution is -2.43. The van der Waals surface area contributed by atoms with Crippen molar-refractivity contribution in [3.05, 3.63) is 102 Å². The first-order valence-corrected chi connectivity index (χ1v) is 15.3. The van der Waals surface area contributed by atoms with Gasteiger partial charge >= 0.3 is 0 Å². The van der Waals surface area contributed by atoms with Gasteiger partial charge in [-0.15, -0.1) is 0 Å². The van der Waals surface area contributed by atoms with E-state index >= 15 is 0 Å². The molecule has 1 fully saturated rings. The monoisotopic (exact) mass is 546 g/mol. The van der Waals surface area contributed by atoms with Crippen LogP contribution in [0.3, 0.4) is 0 Å². The molecular weight excluding hydrogens is 504 g/mol. The molecule has 1 aliphatic carbocycles. The molecule has 4 aromatic carbocycles. The minimum Gasteiger partial charge on any atom is -0.494 e. The van der Waals surface area contributed by atoms with Crippen LogP contribution in [0, 0.1) is 5.41 Å². The lowest BCUT2D eigenvalue weighted by Gasteiger charge is -2.37. The Labute approximate surface area is 245 Å². The summed E-state index contributed by atoms with van der Waals surface area (Å²) in [5, 5.41) is 0. The highest BCUT2D eigenvalue weighted by Crippen LogP contribution is 2.47. The molecule has 0 spiro atoms. The Kier molecular flexibility index (Phi) is 8.27. The minimum atomic E-state index is 0.226. The smallest absolute Gasteiger partial charge is 0.119 e. The fourth-order valence-electron chi connectivity index (χ4n) is 6.10. The number of rotatable bonds is 12. The summed E-state index contributed by atoms with van der Waals surface area (Å²) in [7, 11) is 0. The SMILES string of the molecule is CCCc1ccc(-c2ccc3c(c2)C(C)c2cc(-c4ccc(OCCCCOCC5(C)COC5)cc4)ccc2-3)cc1. The molecule has 6 rings (SSSR count). The van der Waals surface area contributed by atoms with Crippen molar-refractivity contribution >= 4 is 0 Å². The molecule has 0 saturated carbocycles. The van der Waals surface area contributed by atoms with E-state index in [0.29, 0.717) is 12.5 Å². The maximum absolute atomic E-state index is 6.00. The van der Waals surface area contributed by atoms with E-state index in [0.717, 1.165) is 51.4 Å². The molecule has 3 nitrogen and oxygen atoms in total. The van der Waals surface area contributed by atoms with E-state index in [1.54, 1.807) is 0 Å². The summed E-state index contributed by atoms with van der Waals surface area (Å²) in [5.41, 5.74) is 12.3. The lowest BCUT2D eigenvalue weighted by atomic mass is 9.90. The third-order valence-corrected chi connectivity index (χ3v) is 8.64. The molecule has 1 heterocycles. The topological polar surface area (TPSA) is 27.7 Å². The Bertz CT molecular complexity index is 1460. The zero-order valence-electron chi connectivity index (χ0n) is 24.7. The van der Waals surface area contributed by atoms with Crippen LogP contribution < -0.4 is 4.74 Å². The van der Waals surface area contributed by atoms with Crippen LogP contribution in [0.5, 0.6) is 5.75 Å². The van der Waals surface area contributed by atoms with Gasteiger partial charge in [-0.1, -0.05) is 87.9 Å². The molecule has 1 saturated heterocycles. The molecule has 4 aromatic rings. The van der Waals surface area contributed by atoms with Gasteiger partial charge < -0.3 is 14.2 Å². The predicted molar refractivity (Wildman–Crippen MR) is 169 cm³/mol. The largest absolute Gasteiger partial charge is 0.494 e. The lowest BCUT2D eigenvalue weighted by molar-refractivity contribution is -0.138. The van der Waals surface area contributed by atoms with Gasteiger partial charge in [-0.2, -0.15) is 0 Å². The summed E-state index contributed by atoms with van der Waals surface area (Å²) < 4.78 is 17.1. The highest BCUT2D eigenvalue weighted by molar-refractivity contribution is 5.84. The Balaban J connectivity index is 1.06. The van der Waals surface area contributed by atoms with Crippen molar-refractivity contribution in [2.24, 2.45) is 5.41 Å². The van der Waals surface area contributed by atoms with E-state index in [2.05, 4.69) is 106 Å². The Morgan fingerprint density at radius 1 is 0.732 bits per heavy atom. The summed E-state index contributed by atoms with van der Waals surface area (Å²) in [5.74, 6) is 1.29. The Morgan fingerprint density at radius 2 is 1.29 bits per heavy atom. The molecule has 212 valence electrons. The molecule has 0 amide bonds. The molecule has 3 heteroatoms. The van der Waals surface area contributed by atoms with Crippen molar-refractivity contribution in [1.29, 1.82) is 0 Å². The van der Waals surface area contributed by atoms with Crippen LogP contribution in [0.1, 0.15) is 62.6 Å². The van der Waals surface area contributed by atoms with Gasteiger partial charge in [0, 0.05) is 17.9 Å². The van der Waals surface area contributed by atoms with E-state index in [4.69, 9.17) is 14.2 Å². The summed E-state index contributed by atoms with van der Waals surface area (Å²) >= 11 is 0. The van der Waals surface area contributed by atoms with Crippen LogP contribution >= 0.6 is 0 Å². The number of ether oxygens (including phenoxy) is 3. The van der Waals surface area contributed by atoms with E-state index in [-0.39, 0.29) is 5.41 Å². The van der Waals surface area contributed by atoms with Crippen molar-refractivity contribution in [2.75, 3.05) is 33.0 Å². The molecule has 1 aliphatic heterocycles. The molecule has 0 radical (unpaired) electrons. The average molecular weight is 547 g/mol. The predicted octanol–water partition coefficient (Wildman–Crippen LogP) is 9.32. The molecule has 1 atom stereocenters. The molecule has 0 bridgehead atoms. The van der Waals surface area contributed by atoms with Gasteiger partial charge in [-0.05, 0) is 93.6 Å². The van der Waals surface area contributed by atoms with Gasteiger partial charge in [0.15, 0.2) is 0 Å². The van der Waals surface area contributed by atoms with Crippen LogP contribution in [-0.2, 0) is 15.9 Å². The summed E-state index contributed by atoms with van der Waals surface area (Å²) in [6.07, 6.45) is 4.32. The second-order valence-corrected chi connectivity index (χ2v) is 12.2. The number of unbranched alkanes of at least 4 members (excludes halogenated alkanes) is 1. The fourth-order valence-corrected chi connectivity index (χ4v) is 6.10. The third kappa shape index (κ3) is 6.12. The van der Waals surface area contributed by atoms with Crippen LogP contribution in [0.4, 0.5) is 0 Å². The standard InChI is InChI=1S/C38H42O3/c1-4-7-28-8-10-29(11-9-28)31-14-18-34-35-19-15-32(23-37(35)27(2)36(34)22-31)30-12-16-33(17-13-30)41-21-6-5-20-39-24-38(3)25-40-26-38/h8-19,22-23,27H,4-7,20-21,24-26H2,1-3H3. The van der Waals surface area contributed by atoms with Gasteiger partial charge in [-0.25, -0.2) is 0 Å². The number of aryl methyl sites for hydroxylation is 1. The second kappa shape index (κ2) is 12.2. The minimum absolute atomic E-state index is 0.226. The molecule has 1 unspecified atom stereocenters. The fraction of sp³-hybridized carbons (Fsp3) is 0.368. The van der Waals surface area contributed by atoms with Gasteiger partial charge in [0.25, 0.3) is 0 Å². The quantitative estimate of drug-likeness (QED) is 0.166. The van der Waals surface area contributed by atoms with E-state index in [9.17, 15) is 0 Å². The van der Waals surface area contributed by atoms with Gasteiger partial charge in [-0.3, -0.25) is 0 Å². The zero-order chi connectivity index (χ0) is 28.2. The first-order chi connectivity index (χ1) is 20.0. The van der Waals surface area contributed by atoms with Gasteiger partial charge in [0.1, 0.15) is 5.75 Å².